The molecule has 9 heteroatoms. The molecule has 0 saturated carbocycles. The number of benzene rings is 4. The van der Waals surface area contributed by atoms with Gasteiger partial charge in [0.2, 0.25) is 5.88 Å². The summed E-state index contributed by atoms with van der Waals surface area (Å²) in [7, 11) is 0. The van der Waals surface area contributed by atoms with Crippen molar-refractivity contribution in [2.24, 2.45) is 10.4 Å². The number of aromatic hydroxyl groups is 1. The summed E-state index contributed by atoms with van der Waals surface area (Å²) in [5.74, 6) is -2.75. The minimum atomic E-state index is -1.07. The monoisotopic (exact) mass is 844 g/mol. The number of hydrogen-bond donors (Lipinski definition) is 1. The molecule has 1 aliphatic heterocycles. The van der Waals surface area contributed by atoms with Gasteiger partial charge in [-0.3, -0.25) is 4.99 Å². The van der Waals surface area contributed by atoms with Crippen LogP contribution in [0.3, 0.4) is 0 Å². The predicted molar refractivity (Wildman–Crippen MR) is 180 cm³/mol. The standard InChI is InChI=1S/C40H36F3N2O3.Pt/c1-22-14-23-12-13-33(44-35(23)32(46)15-22)47-27-17-24(34-30(42)19-26(41)20-31(34)43)16-25(18-27)36-45-39(7)29-11-9-8-10-28(29)38(5,6)21-40(39,48-36)37(2,3)4;/h8-17,19-20,46H,21H2,1-7H3;/q-1;/t39-,40-;/m0./s1. The Hall–Kier alpha value is -4.16. The summed E-state index contributed by atoms with van der Waals surface area (Å²) in [4.78, 5) is 9.76. The number of phenols is 1. The van der Waals surface area contributed by atoms with Gasteiger partial charge in [-0.2, -0.15) is 0 Å². The van der Waals surface area contributed by atoms with Crippen molar-refractivity contribution < 1.29 is 48.8 Å². The van der Waals surface area contributed by atoms with Gasteiger partial charge in [-0.05, 0) is 60.6 Å². The molecule has 0 spiro atoms. The summed E-state index contributed by atoms with van der Waals surface area (Å²) in [5, 5.41) is 11.3. The molecule has 0 fully saturated rings. The van der Waals surface area contributed by atoms with Crippen LogP contribution in [0.15, 0.2) is 77.8 Å². The van der Waals surface area contributed by atoms with E-state index in [0.717, 1.165) is 11.1 Å². The van der Waals surface area contributed by atoms with Crippen LogP contribution >= 0.6 is 0 Å². The van der Waals surface area contributed by atoms with Crippen LogP contribution in [-0.4, -0.2) is 21.6 Å². The molecule has 0 unspecified atom stereocenters. The van der Waals surface area contributed by atoms with Crippen LogP contribution in [0.4, 0.5) is 13.2 Å². The van der Waals surface area contributed by atoms with Crippen LogP contribution in [0, 0.1) is 35.9 Å². The largest absolute Gasteiger partial charge is 0.510 e. The first kappa shape index (κ1) is 34.7. The van der Waals surface area contributed by atoms with Crippen molar-refractivity contribution in [3.05, 3.63) is 119 Å². The minimum Gasteiger partial charge on any atom is -0.510 e. The maximum Gasteiger partial charge on any atom is 0.217 e. The van der Waals surface area contributed by atoms with Crippen LogP contribution < -0.4 is 4.74 Å². The van der Waals surface area contributed by atoms with Gasteiger partial charge in [-0.25, -0.2) is 18.2 Å². The Morgan fingerprint density at radius 3 is 2.24 bits per heavy atom. The normalized spacial score (nSPS) is 20.9. The molecule has 7 rings (SSSR count). The van der Waals surface area contributed by atoms with Crippen LogP contribution in [0.5, 0.6) is 17.4 Å². The Kier molecular flexibility index (Phi) is 8.30. The van der Waals surface area contributed by atoms with Gasteiger partial charge in [0.15, 0.2) is 0 Å². The molecule has 49 heavy (non-hydrogen) atoms. The van der Waals surface area contributed by atoms with Gasteiger partial charge in [0.25, 0.3) is 0 Å². The molecule has 0 bridgehead atoms. The number of aromatic nitrogens is 1. The van der Waals surface area contributed by atoms with Crippen LogP contribution in [0.1, 0.15) is 70.2 Å². The first-order valence-electron chi connectivity index (χ1n) is 15.9. The van der Waals surface area contributed by atoms with E-state index in [4.69, 9.17) is 14.5 Å². The zero-order valence-electron chi connectivity index (χ0n) is 28.2. The van der Waals surface area contributed by atoms with E-state index in [0.29, 0.717) is 35.0 Å². The quantitative estimate of drug-likeness (QED) is 0.183. The molecule has 5 nitrogen and oxygen atoms in total. The summed E-state index contributed by atoms with van der Waals surface area (Å²) < 4.78 is 57.7. The number of aryl methyl sites for hydroxylation is 1. The van der Waals surface area contributed by atoms with Crippen molar-refractivity contribution in [2.45, 2.75) is 71.4 Å². The first-order chi connectivity index (χ1) is 22.5. The summed E-state index contributed by atoms with van der Waals surface area (Å²) in [6, 6.07) is 22.6. The zero-order valence-corrected chi connectivity index (χ0v) is 30.5. The Balaban J connectivity index is 0.00000417. The second-order valence-corrected chi connectivity index (χ2v) is 14.8. The van der Waals surface area contributed by atoms with Crippen molar-refractivity contribution in [1.82, 2.24) is 4.98 Å². The van der Waals surface area contributed by atoms with E-state index in [1.165, 1.54) is 17.7 Å². The number of hydrogen-bond acceptors (Lipinski definition) is 5. The Morgan fingerprint density at radius 2 is 1.57 bits per heavy atom. The summed E-state index contributed by atoms with van der Waals surface area (Å²) >= 11 is 0. The topological polar surface area (TPSA) is 63.9 Å². The molecule has 1 aromatic heterocycles. The predicted octanol–water partition coefficient (Wildman–Crippen LogP) is 10.1. The minimum absolute atomic E-state index is 0. The molecule has 2 atom stereocenters. The first-order valence-corrected chi connectivity index (χ1v) is 15.9. The number of nitrogens with zero attached hydrogens (tertiary/aromatic N) is 2. The van der Waals surface area contributed by atoms with E-state index < -0.39 is 39.6 Å². The van der Waals surface area contributed by atoms with Gasteiger partial charge in [-0.15, -0.1) is 6.07 Å². The summed E-state index contributed by atoms with van der Waals surface area (Å²) in [6.07, 6.45) is 0.651. The number of aliphatic imine (C=N–C) groups is 1. The number of phenolic OH excluding ortho intramolecular Hbond substituents is 1. The number of halogens is 3. The van der Waals surface area contributed by atoms with Gasteiger partial charge in [-0.1, -0.05) is 82.1 Å². The third-order valence-electron chi connectivity index (χ3n) is 9.94. The molecular formula is C40H36F3N2O3Pt-. The number of fused-ring (bicyclic) bond motifs is 4. The van der Waals surface area contributed by atoms with Gasteiger partial charge < -0.3 is 14.6 Å². The average Bonchev–Trinajstić information content (AvgIpc) is 3.31. The fourth-order valence-electron chi connectivity index (χ4n) is 7.74. The Morgan fingerprint density at radius 1 is 0.898 bits per heavy atom. The summed E-state index contributed by atoms with van der Waals surface area (Å²) in [5.41, 5.74) is 1.09. The van der Waals surface area contributed by atoms with Crippen molar-refractivity contribution >= 4 is 16.8 Å². The second kappa shape index (κ2) is 11.7. The molecule has 5 aromatic rings. The molecule has 256 valence electrons. The molecule has 0 saturated heterocycles. The van der Waals surface area contributed by atoms with Crippen molar-refractivity contribution in [1.29, 1.82) is 0 Å². The van der Waals surface area contributed by atoms with Gasteiger partial charge in [0.1, 0.15) is 45.8 Å². The van der Waals surface area contributed by atoms with Crippen molar-refractivity contribution in [3.8, 4) is 28.5 Å². The smallest absolute Gasteiger partial charge is 0.217 e. The summed E-state index contributed by atoms with van der Waals surface area (Å²) in [6.45, 7) is 14.7. The molecular weight excluding hydrogens is 809 g/mol. The third-order valence-corrected chi connectivity index (χ3v) is 9.94. The van der Waals surface area contributed by atoms with Crippen LogP contribution in [0.2, 0.25) is 0 Å². The van der Waals surface area contributed by atoms with Crippen molar-refractivity contribution in [2.75, 3.05) is 0 Å². The van der Waals surface area contributed by atoms with Gasteiger partial charge in [0, 0.05) is 61.4 Å². The van der Waals surface area contributed by atoms with E-state index >= 15 is 8.78 Å². The van der Waals surface area contributed by atoms with Gasteiger partial charge >= 0.3 is 0 Å². The molecule has 4 aromatic carbocycles. The zero-order chi connectivity index (χ0) is 34.4. The molecule has 1 N–H and O–H groups in total. The van der Waals surface area contributed by atoms with E-state index in [1.54, 1.807) is 18.2 Å². The van der Waals surface area contributed by atoms with E-state index in [9.17, 15) is 9.50 Å². The number of ether oxygens (including phenoxy) is 2. The van der Waals surface area contributed by atoms with E-state index in [-0.39, 0.29) is 55.3 Å². The molecule has 0 amide bonds. The molecule has 0 radical (unpaired) electrons. The fourth-order valence-corrected chi connectivity index (χ4v) is 7.74. The number of rotatable bonds is 4. The second-order valence-electron chi connectivity index (χ2n) is 14.8. The van der Waals surface area contributed by atoms with Crippen LogP contribution in [0.25, 0.3) is 22.0 Å². The van der Waals surface area contributed by atoms with E-state index in [2.05, 4.69) is 64.7 Å². The third kappa shape index (κ3) is 5.53. The average molecular weight is 845 g/mol. The molecule has 1 aliphatic carbocycles. The Labute approximate surface area is 298 Å². The SMILES string of the molecule is Cc1cc(O)c2nc(Oc3[c-]c(C4=N[C@@]5(C)c6ccccc6C(C)(C)C[C@@]5(C(C)(C)C)O4)cc(-c4c(F)cc(F)cc4F)c3)ccc2c1.[Pt]. The maximum absolute atomic E-state index is 15.3. The van der Waals surface area contributed by atoms with Crippen molar-refractivity contribution in [3.63, 3.8) is 0 Å². The fraction of sp³-hybridized carbons (Fsp3) is 0.300. The molecule has 2 aliphatic rings. The van der Waals surface area contributed by atoms with Crippen LogP contribution in [-0.2, 0) is 36.8 Å². The molecule has 2 heterocycles. The Bertz CT molecular complexity index is 2150. The number of pyridine rings is 1. The van der Waals surface area contributed by atoms with E-state index in [1.807, 2.05) is 25.1 Å². The maximum atomic E-state index is 15.3. The van der Waals surface area contributed by atoms with Gasteiger partial charge in [0.05, 0.1) is 0 Å².